The smallest absolute Gasteiger partial charge is 0.330 e. The molecular formula is C14H13ClN2O4. The maximum absolute atomic E-state index is 12.3. The zero-order valence-corrected chi connectivity index (χ0v) is 11.9. The highest BCUT2D eigenvalue weighted by Gasteiger charge is 2.22. The quantitative estimate of drug-likeness (QED) is 0.653. The average Bonchev–Trinajstić information content (AvgIpc) is 2.50. The van der Waals surface area contributed by atoms with Crippen LogP contribution < -0.4 is 5.32 Å². The number of esters is 1. The highest BCUT2D eigenvalue weighted by molar-refractivity contribution is 6.30. The monoisotopic (exact) mass is 308 g/mol. The average molecular weight is 309 g/mol. The van der Waals surface area contributed by atoms with E-state index in [1.165, 1.54) is 13.2 Å². The normalized spacial score (nSPS) is 12.0. The minimum absolute atomic E-state index is 0.164. The molecule has 0 bridgehead atoms. The molecule has 7 heteroatoms. The van der Waals surface area contributed by atoms with Gasteiger partial charge in [0.2, 0.25) is 0 Å². The molecule has 0 saturated carbocycles. The van der Waals surface area contributed by atoms with Gasteiger partial charge in [0.25, 0.3) is 5.91 Å². The first kappa shape index (κ1) is 15.2. The molecule has 110 valence electrons. The van der Waals surface area contributed by atoms with Gasteiger partial charge in [0.1, 0.15) is 5.15 Å². The molecule has 2 rings (SSSR count). The van der Waals surface area contributed by atoms with E-state index in [0.29, 0.717) is 10.9 Å². The van der Waals surface area contributed by atoms with Crippen molar-refractivity contribution in [3.63, 3.8) is 0 Å². The first-order chi connectivity index (χ1) is 10.1. The van der Waals surface area contributed by atoms with Crippen molar-refractivity contribution in [1.82, 2.24) is 10.3 Å². The standard InChI is InChI=1S/C14H13ClN2O4/c1-21-14(20)11(7-18)17-13(19)9-6-12(15)16-10-5-3-2-4-8(9)10/h2-6,11,18H,7H2,1H3,(H,17,19). The van der Waals surface area contributed by atoms with Crippen molar-refractivity contribution in [2.45, 2.75) is 6.04 Å². The van der Waals surface area contributed by atoms with Crippen LogP contribution in [0.5, 0.6) is 0 Å². The summed E-state index contributed by atoms with van der Waals surface area (Å²) in [6.07, 6.45) is 0. The third-order valence-corrected chi connectivity index (χ3v) is 3.10. The molecular weight excluding hydrogens is 296 g/mol. The van der Waals surface area contributed by atoms with Crippen LogP contribution in [0.15, 0.2) is 30.3 Å². The van der Waals surface area contributed by atoms with Crippen LogP contribution in [-0.4, -0.2) is 41.7 Å². The number of carbonyl (C=O) groups is 2. The predicted molar refractivity (Wildman–Crippen MR) is 77.1 cm³/mol. The van der Waals surface area contributed by atoms with Crippen LogP contribution in [0, 0.1) is 0 Å². The predicted octanol–water partition coefficient (Wildman–Crippen LogP) is 1.15. The molecule has 1 atom stereocenters. The van der Waals surface area contributed by atoms with Crippen molar-refractivity contribution in [2.24, 2.45) is 0 Å². The van der Waals surface area contributed by atoms with Crippen LogP contribution in [-0.2, 0) is 9.53 Å². The topological polar surface area (TPSA) is 88.5 Å². The number of hydrogen-bond donors (Lipinski definition) is 2. The number of methoxy groups -OCH3 is 1. The van der Waals surface area contributed by atoms with Crippen LogP contribution in [0.4, 0.5) is 0 Å². The third-order valence-electron chi connectivity index (χ3n) is 2.90. The zero-order valence-electron chi connectivity index (χ0n) is 11.2. The largest absolute Gasteiger partial charge is 0.467 e. The summed E-state index contributed by atoms with van der Waals surface area (Å²) in [7, 11) is 1.18. The van der Waals surface area contributed by atoms with Gasteiger partial charge in [-0.3, -0.25) is 4.79 Å². The van der Waals surface area contributed by atoms with Crippen molar-refractivity contribution in [1.29, 1.82) is 0 Å². The molecule has 1 aromatic carbocycles. The number of fused-ring (bicyclic) bond motifs is 1. The van der Waals surface area contributed by atoms with Gasteiger partial charge >= 0.3 is 5.97 Å². The minimum Gasteiger partial charge on any atom is -0.467 e. The van der Waals surface area contributed by atoms with Gasteiger partial charge in [-0.1, -0.05) is 29.8 Å². The molecule has 0 radical (unpaired) electrons. The molecule has 0 fully saturated rings. The van der Waals surface area contributed by atoms with E-state index < -0.39 is 24.5 Å². The number of halogens is 1. The van der Waals surface area contributed by atoms with Crippen LogP contribution in [0.3, 0.4) is 0 Å². The summed E-state index contributed by atoms with van der Waals surface area (Å²) < 4.78 is 4.50. The molecule has 0 saturated heterocycles. The molecule has 0 spiro atoms. The molecule has 21 heavy (non-hydrogen) atoms. The highest BCUT2D eigenvalue weighted by atomic mass is 35.5. The number of nitrogens with one attached hydrogen (secondary N) is 1. The van der Waals surface area contributed by atoms with Crippen LogP contribution in [0.25, 0.3) is 10.9 Å². The third kappa shape index (κ3) is 3.29. The van der Waals surface area contributed by atoms with E-state index in [2.05, 4.69) is 15.0 Å². The number of ether oxygens (including phenoxy) is 1. The summed E-state index contributed by atoms with van der Waals surface area (Å²) in [4.78, 5) is 27.8. The summed E-state index contributed by atoms with van der Waals surface area (Å²) in [5.41, 5.74) is 0.835. The molecule has 1 unspecified atom stereocenters. The first-order valence-electron chi connectivity index (χ1n) is 6.11. The van der Waals surface area contributed by atoms with Crippen molar-refractivity contribution < 1.29 is 19.4 Å². The Hall–Kier alpha value is -2.18. The van der Waals surface area contributed by atoms with E-state index in [-0.39, 0.29) is 10.7 Å². The molecule has 2 N–H and O–H groups in total. The van der Waals surface area contributed by atoms with Crippen molar-refractivity contribution in [3.05, 3.63) is 41.0 Å². The number of hydrogen-bond acceptors (Lipinski definition) is 5. The second kappa shape index (κ2) is 6.51. The Morgan fingerprint density at radius 1 is 1.43 bits per heavy atom. The number of aromatic nitrogens is 1. The summed E-state index contributed by atoms with van der Waals surface area (Å²) in [5.74, 6) is -1.27. The Morgan fingerprint density at radius 3 is 2.81 bits per heavy atom. The van der Waals surface area contributed by atoms with Gasteiger partial charge in [-0.25, -0.2) is 9.78 Å². The number of aliphatic hydroxyl groups is 1. The van der Waals surface area contributed by atoms with Crippen molar-refractivity contribution >= 4 is 34.4 Å². The maximum Gasteiger partial charge on any atom is 0.330 e. The fourth-order valence-corrected chi connectivity index (χ4v) is 2.09. The number of para-hydroxylation sites is 1. The van der Waals surface area contributed by atoms with E-state index in [1.54, 1.807) is 24.3 Å². The Morgan fingerprint density at radius 2 is 2.14 bits per heavy atom. The van der Waals surface area contributed by atoms with Crippen LogP contribution in [0.2, 0.25) is 5.15 Å². The number of carbonyl (C=O) groups excluding carboxylic acids is 2. The fraction of sp³-hybridized carbons (Fsp3) is 0.214. The summed E-state index contributed by atoms with van der Waals surface area (Å²) in [5, 5.41) is 12.3. The van der Waals surface area contributed by atoms with E-state index >= 15 is 0 Å². The van der Waals surface area contributed by atoms with Gasteiger partial charge in [-0.05, 0) is 12.1 Å². The second-order valence-corrected chi connectivity index (χ2v) is 4.63. The number of rotatable bonds is 4. The van der Waals surface area contributed by atoms with Gasteiger partial charge in [0, 0.05) is 5.39 Å². The Bertz CT molecular complexity index is 690. The van der Waals surface area contributed by atoms with E-state index in [9.17, 15) is 9.59 Å². The van der Waals surface area contributed by atoms with Gasteiger partial charge < -0.3 is 15.2 Å². The maximum atomic E-state index is 12.3. The summed E-state index contributed by atoms with van der Waals surface area (Å²) >= 11 is 5.90. The number of amides is 1. The van der Waals surface area contributed by atoms with Gasteiger partial charge in [-0.15, -0.1) is 0 Å². The molecule has 1 heterocycles. The second-order valence-electron chi connectivity index (χ2n) is 4.24. The molecule has 6 nitrogen and oxygen atoms in total. The van der Waals surface area contributed by atoms with Crippen LogP contribution >= 0.6 is 11.6 Å². The van der Waals surface area contributed by atoms with E-state index in [4.69, 9.17) is 16.7 Å². The van der Waals surface area contributed by atoms with Crippen LogP contribution in [0.1, 0.15) is 10.4 Å². The SMILES string of the molecule is COC(=O)C(CO)NC(=O)c1cc(Cl)nc2ccccc12. The van der Waals surface area contributed by atoms with E-state index in [0.717, 1.165) is 0 Å². The van der Waals surface area contributed by atoms with Gasteiger partial charge in [0.05, 0.1) is 24.8 Å². The van der Waals surface area contributed by atoms with E-state index in [1.807, 2.05) is 0 Å². The van der Waals surface area contributed by atoms with Crippen molar-refractivity contribution in [3.8, 4) is 0 Å². The fourth-order valence-electron chi connectivity index (χ4n) is 1.89. The molecule has 0 aliphatic carbocycles. The highest BCUT2D eigenvalue weighted by Crippen LogP contribution is 2.20. The lowest BCUT2D eigenvalue weighted by Crippen LogP contribution is -2.44. The lowest BCUT2D eigenvalue weighted by atomic mass is 10.1. The Kier molecular flexibility index (Phi) is 4.72. The van der Waals surface area contributed by atoms with Gasteiger partial charge in [-0.2, -0.15) is 0 Å². The number of aliphatic hydroxyl groups excluding tert-OH is 1. The minimum atomic E-state index is -1.13. The van der Waals surface area contributed by atoms with Gasteiger partial charge in [0.15, 0.2) is 6.04 Å². The molecule has 2 aromatic rings. The Balaban J connectivity index is 2.37. The molecule has 1 aromatic heterocycles. The number of pyridine rings is 1. The lowest BCUT2D eigenvalue weighted by molar-refractivity contribution is -0.143. The first-order valence-corrected chi connectivity index (χ1v) is 6.49. The Labute approximate surface area is 125 Å². The molecule has 0 aliphatic heterocycles. The van der Waals surface area contributed by atoms with Crippen molar-refractivity contribution in [2.75, 3.05) is 13.7 Å². The summed E-state index contributed by atoms with van der Waals surface area (Å²) in [6.45, 7) is -0.560. The lowest BCUT2D eigenvalue weighted by Gasteiger charge is -2.14. The number of benzene rings is 1. The zero-order chi connectivity index (χ0) is 15.4. The molecule has 1 amide bonds. The number of nitrogens with zero attached hydrogens (tertiary/aromatic N) is 1. The summed E-state index contributed by atoms with van der Waals surface area (Å²) in [6, 6.07) is 7.26. The molecule has 0 aliphatic rings.